The van der Waals surface area contributed by atoms with E-state index in [4.69, 9.17) is 0 Å². The second kappa shape index (κ2) is 7.25. The molecule has 0 bridgehead atoms. The number of benzene rings is 2. The summed E-state index contributed by atoms with van der Waals surface area (Å²) in [5.41, 5.74) is 0.999. The lowest BCUT2D eigenvalue weighted by Gasteiger charge is -2.50. The number of hydrogen-bond acceptors (Lipinski definition) is 4. The Morgan fingerprint density at radius 1 is 1.12 bits per heavy atom. The summed E-state index contributed by atoms with van der Waals surface area (Å²) in [6.07, 6.45) is 0.0380. The summed E-state index contributed by atoms with van der Waals surface area (Å²) < 4.78 is 0. The highest BCUT2D eigenvalue weighted by atomic mass is 16.4. The zero-order valence-electron chi connectivity index (χ0n) is 14.4. The number of aliphatic hydroxyl groups is 1. The smallest absolute Gasteiger partial charge is 0.305 e. The van der Waals surface area contributed by atoms with E-state index >= 15 is 0 Å². The Kier molecular flexibility index (Phi) is 5.06. The first-order valence-corrected chi connectivity index (χ1v) is 8.50. The van der Waals surface area contributed by atoms with Crippen molar-refractivity contribution < 1.29 is 15.0 Å². The van der Waals surface area contributed by atoms with Gasteiger partial charge in [-0.2, -0.15) is 0 Å². The first kappa shape index (κ1) is 17.5. The molecule has 2 atom stereocenters. The van der Waals surface area contributed by atoms with Gasteiger partial charge in [0.1, 0.15) is 5.72 Å². The molecule has 132 valence electrons. The summed E-state index contributed by atoms with van der Waals surface area (Å²) in [5.74, 6) is -0.827. The predicted octanol–water partition coefficient (Wildman–Crippen LogP) is 2.56. The molecule has 1 unspecified atom stereocenters. The van der Waals surface area contributed by atoms with Crippen LogP contribution in [0.3, 0.4) is 0 Å². The molecule has 5 nitrogen and oxygen atoms in total. The number of β-amino-alcohol motifs (C(OH)–C–C–N with tert-alkyl or cyclic N) is 1. The number of aliphatic carboxylic acids is 1. The highest BCUT2D eigenvalue weighted by Crippen LogP contribution is 2.30. The van der Waals surface area contributed by atoms with Gasteiger partial charge in [-0.3, -0.25) is 9.69 Å². The molecule has 0 radical (unpaired) electrons. The predicted molar refractivity (Wildman–Crippen MR) is 97.3 cm³/mol. The fraction of sp³-hybridized carbons (Fsp3) is 0.350. The summed E-state index contributed by atoms with van der Waals surface area (Å²) in [6, 6.07) is 19.5. The van der Waals surface area contributed by atoms with E-state index in [9.17, 15) is 15.0 Å². The molecule has 1 saturated heterocycles. The number of carbonyl (C=O) groups is 1. The minimum absolute atomic E-state index is 0.0380. The van der Waals surface area contributed by atoms with Crippen molar-refractivity contribution in [1.82, 2.24) is 4.90 Å². The largest absolute Gasteiger partial charge is 0.481 e. The maximum absolute atomic E-state index is 11.4. The van der Waals surface area contributed by atoms with Crippen LogP contribution in [0, 0.1) is 0 Å². The number of hydrogen-bond donors (Lipinski definition) is 2. The van der Waals surface area contributed by atoms with Crippen molar-refractivity contribution in [3.05, 3.63) is 66.2 Å². The zero-order chi connectivity index (χ0) is 17.9. The molecule has 1 aliphatic heterocycles. The molecule has 2 aromatic carbocycles. The van der Waals surface area contributed by atoms with Gasteiger partial charge in [-0.05, 0) is 24.6 Å². The molecule has 2 aromatic rings. The third-order valence-corrected chi connectivity index (χ3v) is 4.74. The van der Waals surface area contributed by atoms with Gasteiger partial charge in [-0.15, -0.1) is 0 Å². The molecule has 0 spiro atoms. The van der Waals surface area contributed by atoms with E-state index in [0.29, 0.717) is 19.6 Å². The SMILES string of the molecule is CC1(O)CN(c2ccccc2)[C@@H](CC(=O)O)CN1Cc1ccccc1. The Labute approximate surface area is 148 Å². The Morgan fingerprint density at radius 2 is 1.72 bits per heavy atom. The van der Waals surface area contributed by atoms with E-state index in [1.54, 1.807) is 6.92 Å². The van der Waals surface area contributed by atoms with Gasteiger partial charge in [0.05, 0.1) is 19.0 Å². The van der Waals surface area contributed by atoms with Crippen LogP contribution in [0.4, 0.5) is 5.69 Å². The maximum Gasteiger partial charge on any atom is 0.305 e. The maximum atomic E-state index is 11.4. The van der Waals surface area contributed by atoms with Gasteiger partial charge in [-0.1, -0.05) is 48.5 Å². The third kappa shape index (κ3) is 4.18. The van der Waals surface area contributed by atoms with Crippen molar-refractivity contribution in [2.75, 3.05) is 18.0 Å². The molecule has 1 aliphatic rings. The average Bonchev–Trinajstić information content (AvgIpc) is 2.59. The van der Waals surface area contributed by atoms with Crippen molar-refractivity contribution >= 4 is 11.7 Å². The van der Waals surface area contributed by atoms with Crippen LogP contribution in [0.15, 0.2) is 60.7 Å². The summed E-state index contributed by atoms with van der Waals surface area (Å²) in [5, 5.41) is 20.3. The minimum atomic E-state index is -1.04. The number of nitrogens with zero attached hydrogens (tertiary/aromatic N) is 2. The molecular formula is C20H24N2O3. The Bertz CT molecular complexity index is 703. The van der Waals surface area contributed by atoms with Crippen LogP contribution in [0.2, 0.25) is 0 Å². The van der Waals surface area contributed by atoms with Crippen LogP contribution in [0.1, 0.15) is 18.9 Å². The first-order chi connectivity index (χ1) is 12.0. The quantitative estimate of drug-likeness (QED) is 0.876. The molecule has 0 aromatic heterocycles. The number of carboxylic acid groups (broad SMARTS) is 1. The molecule has 1 heterocycles. The molecule has 0 saturated carbocycles. The number of carboxylic acids is 1. The van der Waals surface area contributed by atoms with E-state index in [2.05, 4.69) is 0 Å². The summed E-state index contributed by atoms with van der Waals surface area (Å²) in [4.78, 5) is 15.3. The Morgan fingerprint density at radius 3 is 2.32 bits per heavy atom. The second-order valence-electron chi connectivity index (χ2n) is 6.80. The molecule has 1 fully saturated rings. The van der Waals surface area contributed by atoms with Crippen molar-refractivity contribution in [2.24, 2.45) is 0 Å². The summed E-state index contributed by atoms with van der Waals surface area (Å²) in [7, 11) is 0. The lowest BCUT2D eigenvalue weighted by molar-refractivity contribution is -0.140. The topological polar surface area (TPSA) is 64.0 Å². The van der Waals surface area contributed by atoms with Gasteiger partial charge in [-0.25, -0.2) is 0 Å². The van der Waals surface area contributed by atoms with Crippen molar-refractivity contribution in [3.63, 3.8) is 0 Å². The lowest BCUT2D eigenvalue weighted by Crippen LogP contribution is -2.64. The minimum Gasteiger partial charge on any atom is -0.481 e. The lowest BCUT2D eigenvalue weighted by atomic mass is 9.99. The molecular weight excluding hydrogens is 316 g/mol. The van der Waals surface area contributed by atoms with Gasteiger partial charge >= 0.3 is 5.97 Å². The molecule has 2 N–H and O–H groups in total. The van der Waals surface area contributed by atoms with E-state index in [1.165, 1.54) is 0 Å². The highest BCUT2D eigenvalue weighted by Gasteiger charge is 2.41. The van der Waals surface area contributed by atoms with Crippen molar-refractivity contribution in [2.45, 2.75) is 31.7 Å². The molecule has 0 aliphatic carbocycles. The van der Waals surface area contributed by atoms with Crippen molar-refractivity contribution in [3.8, 4) is 0 Å². The van der Waals surface area contributed by atoms with Gasteiger partial charge in [0, 0.05) is 18.8 Å². The van der Waals surface area contributed by atoms with E-state index in [0.717, 1.165) is 11.3 Å². The molecule has 3 rings (SSSR count). The number of anilines is 1. The van der Waals surface area contributed by atoms with Gasteiger partial charge in [0.15, 0.2) is 0 Å². The van der Waals surface area contributed by atoms with Crippen LogP contribution < -0.4 is 4.90 Å². The van der Waals surface area contributed by atoms with Gasteiger partial charge in [0.25, 0.3) is 0 Å². The van der Waals surface area contributed by atoms with Crippen LogP contribution >= 0.6 is 0 Å². The monoisotopic (exact) mass is 340 g/mol. The summed E-state index contributed by atoms with van der Waals surface area (Å²) in [6.45, 7) is 3.24. The molecule has 25 heavy (non-hydrogen) atoms. The van der Waals surface area contributed by atoms with E-state index in [1.807, 2.05) is 70.5 Å². The fourth-order valence-corrected chi connectivity index (χ4v) is 3.44. The highest BCUT2D eigenvalue weighted by molar-refractivity contribution is 5.69. The Balaban J connectivity index is 1.85. The van der Waals surface area contributed by atoms with Crippen molar-refractivity contribution in [1.29, 1.82) is 0 Å². The van der Waals surface area contributed by atoms with Gasteiger partial charge in [0.2, 0.25) is 0 Å². The van der Waals surface area contributed by atoms with Gasteiger partial charge < -0.3 is 15.1 Å². The van der Waals surface area contributed by atoms with E-state index < -0.39 is 11.7 Å². The fourth-order valence-electron chi connectivity index (χ4n) is 3.44. The zero-order valence-corrected chi connectivity index (χ0v) is 14.4. The Hall–Kier alpha value is -2.37. The number of piperazine rings is 1. The molecule has 0 amide bonds. The first-order valence-electron chi connectivity index (χ1n) is 8.50. The third-order valence-electron chi connectivity index (χ3n) is 4.74. The van der Waals surface area contributed by atoms with Crippen LogP contribution in [-0.4, -0.2) is 45.9 Å². The normalized spacial score (nSPS) is 24.2. The average molecular weight is 340 g/mol. The van der Waals surface area contributed by atoms with Crippen LogP contribution in [0.25, 0.3) is 0 Å². The van der Waals surface area contributed by atoms with E-state index in [-0.39, 0.29) is 12.5 Å². The number of para-hydroxylation sites is 1. The number of rotatable bonds is 5. The van der Waals surface area contributed by atoms with Crippen LogP contribution in [0.5, 0.6) is 0 Å². The molecule has 5 heteroatoms. The second-order valence-corrected chi connectivity index (χ2v) is 6.80. The summed E-state index contributed by atoms with van der Waals surface area (Å²) >= 11 is 0. The standard InChI is InChI=1S/C20H24N2O3/c1-20(25)15-22(17-10-6-3-7-11-17)18(12-19(23)24)14-21(20)13-16-8-4-2-5-9-16/h2-11,18,25H,12-15H2,1H3,(H,23,24)/t18-,20?/m0/s1. The van der Waals surface area contributed by atoms with Crippen LogP contribution in [-0.2, 0) is 11.3 Å².